The number of esters is 1. The lowest BCUT2D eigenvalue weighted by Crippen LogP contribution is -2.36. The second kappa shape index (κ2) is 5.36. The molecular weight excluding hydrogens is 202 g/mol. The van der Waals surface area contributed by atoms with Gasteiger partial charge in [0.05, 0.1) is 0 Å². The number of ether oxygens (including phenoxy) is 1. The number of hydrogen-bond donors (Lipinski definition) is 1. The number of carbonyl (C=O) groups excluding carboxylic acids is 1. The minimum absolute atomic E-state index is 0.0318. The molecule has 1 aliphatic rings. The van der Waals surface area contributed by atoms with Crippen molar-refractivity contribution in [2.45, 2.75) is 58.1 Å². The Kier molecular flexibility index (Phi) is 4.37. The number of nitrogens with two attached hydrogens (primary N) is 1. The van der Waals surface area contributed by atoms with Crippen molar-refractivity contribution in [2.24, 2.45) is 11.1 Å². The van der Waals surface area contributed by atoms with E-state index in [9.17, 15) is 4.79 Å². The average molecular weight is 223 g/mol. The minimum Gasteiger partial charge on any atom is -0.461 e. The van der Waals surface area contributed by atoms with Gasteiger partial charge in [0.1, 0.15) is 12.1 Å². The first-order valence-corrected chi connectivity index (χ1v) is 5.84. The molecule has 16 heavy (non-hydrogen) atoms. The fraction of sp³-hybridized carbons (Fsp3) is 0.769. The van der Waals surface area contributed by atoms with Crippen LogP contribution >= 0.6 is 0 Å². The molecule has 0 amide bonds. The predicted octanol–water partition coefficient (Wildman–Crippen LogP) is 1.85. The van der Waals surface area contributed by atoms with Gasteiger partial charge in [0, 0.05) is 6.42 Å². The van der Waals surface area contributed by atoms with Crippen molar-refractivity contribution in [3.05, 3.63) is 0 Å². The Labute approximate surface area is 97.7 Å². The maximum Gasteiger partial charge on any atom is 0.324 e. The summed E-state index contributed by atoms with van der Waals surface area (Å²) in [5.41, 5.74) is 5.96. The lowest BCUT2D eigenvalue weighted by Gasteiger charge is -2.34. The predicted molar refractivity (Wildman–Crippen MR) is 63.6 cm³/mol. The molecule has 2 N–H and O–H groups in total. The summed E-state index contributed by atoms with van der Waals surface area (Å²) < 4.78 is 5.34. The zero-order valence-corrected chi connectivity index (χ0v) is 10.2. The van der Waals surface area contributed by atoms with Gasteiger partial charge in [-0.25, -0.2) is 0 Å². The lowest BCUT2D eigenvalue weighted by molar-refractivity contribution is -0.153. The van der Waals surface area contributed by atoms with E-state index >= 15 is 0 Å². The third-order valence-corrected chi connectivity index (χ3v) is 3.21. The second-order valence-electron chi connectivity index (χ2n) is 5.32. The summed E-state index contributed by atoms with van der Waals surface area (Å²) in [5, 5.41) is 0. The number of hydrogen-bond acceptors (Lipinski definition) is 3. The van der Waals surface area contributed by atoms with Gasteiger partial charge in [-0.05, 0) is 31.1 Å². The molecule has 0 aromatic carbocycles. The first kappa shape index (κ1) is 13.1. The van der Waals surface area contributed by atoms with Gasteiger partial charge < -0.3 is 10.5 Å². The quantitative estimate of drug-likeness (QED) is 0.587. The van der Waals surface area contributed by atoms with Gasteiger partial charge in [-0.3, -0.25) is 4.79 Å². The van der Waals surface area contributed by atoms with Crippen LogP contribution < -0.4 is 5.73 Å². The zero-order chi connectivity index (χ0) is 12.2. The molecule has 1 aliphatic carbocycles. The minimum atomic E-state index is -0.667. The number of terminal acetylenes is 1. The summed E-state index contributed by atoms with van der Waals surface area (Å²) in [6.07, 6.45) is 9.43. The van der Waals surface area contributed by atoms with E-state index in [1.807, 2.05) is 0 Å². The van der Waals surface area contributed by atoms with E-state index in [-0.39, 0.29) is 18.5 Å². The monoisotopic (exact) mass is 223 g/mol. The van der Waals surface area contributed by atoms with Crippen LogP contribution in [0.15, 0.2) is 0 Å². The molecule has 3 nitrogen and oxygen atoms in total. The Morgan fingerprint density at radius 2 is 2.12 bits per heavy atom. The molecule has 0 aliphatic heterocycles. The van der Waals surface area contributed by atoms with Crippen LogP contribution in [0.3, 0.4) is 0 Å². The molecule has 0 aromatic heterocycles. The summed E-state index contributed by atoms with van der Waals surface area (Å²) in [7, 11) is 0. The van der Waals surface area contributed by atoms with Crippen LogP contribution in [0.1, 0.15) is 46.0 Å². The highest BCUT2D eigenvalue weighted by molar-refractivity contribution is 5.76. The molecule has 1 saturated carbocycles. The molecular formula is C13H21NO2. The van der Waals surface area contributed by atoms with Gasteiger partial charge >= 0.3 is 5.97 Å². The molecule has 0 spiro atoms. The maximum absolute atomic E-state index is 11.5. The van der Waals surface area contributed by atoms with Gasteiger partial charge in [-0.1, -0.05) is 13.8 Å². The van der Waals surface area contributed by atoms with Crippen LogP contribution in [-0.4, -0.2) is 18.1 Å². The summed E-state index contributed by atoms with van der Waals surface area (Å²) in [4.78, 5) is 11.5. The summed E-state index contributed by atoms with van der Waals surface area (Å²) in [5.74, 6) is 2.01. The molecule has 0 aromatic rings. The van der Waals surface area contributed by atoms with Crippen molar-refractivity contribution in [2.75, 3.05) is 0 Å². The van der Waals surface area contributed by atoms with Crippen LogP contribution in [0.2, 0.25) is 0 Å². The third-order valence-electron chi connectivity index (χ3n) is 3.21. The molecule has 0 heterocycles. The van der Waals surface area contributed by atoms with E-state index in [1.54, 1.807) is 0 Å². The number of rotatable bonds is 3. The van der Waals surface area contributed by atoms with Crippen molar-refractivity contribution >= 4 is 5.97 Å². The lowest BCUT2D eigenvalue weighted by atomic mass is 9.76. The SMILES string of the molecule is C#CCC(N)C(=O)OC1CCC(C)(C)CC1. The normalized spacial score (nSPS) is 22.1. The Balaban J connectivity index is 2.34. The van der Waals surface area contributed by atoms with Crippen LogP contribution in [-0.2, 0) is 9.53 Å². The molecule has 1 unspecified atom stereocenters. The van der Waals surface area contributed by atoms with Crippen molar-refractivity contribution in [3.8, 4) is 12.3 Å². The van der Waals surface area contributed by atoms with Crippen LogP contribution in [0.5, 0.6) is 0 Å². The highest BCUT2D eigenvalue weighted by atomic mass is 16.5. The van der Waals surface area contributed by atoms with Gasteiger partial charge in [0.25, 0.3) is 0 Å². The van der Waals surface area contributed by atoms with Gasteiger partial charge in [0.15, 0.2) is 0 Å². The van der Waals surface area contributed by atoms with E-state index < -0.39 is 6.04 Å². The Bertz CT molecular complexity index is 281. The Hall–Kier alpha value is -1.01. The second-order valence-corrected chi connectivity index (χ2v) is 5.32. The van der Waals surface area contributed by atoms with Gasteiger partial charge in [-0.2, -0.15) is 0 Å². The van der Waals surface area contributed by atoms with E-state index in [0.717, 1.165) is 25.7 Å². The smallest absolute Gasteiger partial charge is 0.324 e. The molecule has 3 heteroatoms. The Morgan fingerprint density at radius 3 is 2.62 bits per heavy atom. The highest BCUT2D eigenvalue weighted by Crippen LogP contribution is 2.36. The molecule has 1 rings (SSSR count). The van der Waals surface area contributed by atoms with E-state index in [2.05, 4.69) is 19.8 Å². The highest BCUT2D eigenvalue weighted by Gasteiger charge is 2.29. The third kappa shape index (κ3) is 3.86. The maximum atomic E-state index is 11.5. The first-order chi connectivity index (χ1) is 7.44. The van der Waals surface area contributed by atoms with E-state index in [4.69, 9.17) is 16.9 Å². The molecule has 1 fully saturated rings. The average Bonchev–Trinajstić information content (AvgIpc) is 2.21. The summed E-state index contributed by atoms with van der Waals surface area (Å²) in [6.45, 7) is 4.49. The van der Waals surface area contributed by atoms with Gasteiger partial charge in [-0.15, -0.1) is 12.3 Å². The molecule has 1 atom stereocenters. The molecule has 0 bridgehead atoms. The van der Waals surface area contributed by atoms with Gasteiger partial charge in [0.2, 0.25) is 0 Å². The fourth-order valence-corrected chi connectivity index (χ4v) is 1.95. The van der Waals surface area contributed by atoms with E-state index in [0.29, 0.717) is 5.41 Å². The van der Waals surface area contributed by atoms with Crippen molar-refractivity contribution in [1.29, 1.82) is 0 Å². The first-order valence-electron chi connectivity index (χ1n) is 5.84. The van der Waals surface area contributed by atoms with E-state index in [1.165, 1.54) is 0 Å². The van der Waals surface area contributed by atoms with Crippen LogP contribution in [0.4, 0.5) is 0 Å². The van der Waals surface area contributed by atoms with Crippen LogP contribution in [0, 0.1) is 17.8 Å². The molecule has 0 radical (unpaired) electrons. The number of carbonyl (C=O) groups is 1. The van der Waals surface area contributed by atoms with Crippen molar-refractivity contribution < 1.29 is 9.53 Å². The van der Waals surface area contributed by atoms with Crippen molar-refractivity contribution in [1.82, 2.24) is 0 Å². The fourth-order valence-electron chi connectivity index (χ4n) is 1.95. The topological polar surface area (TPSA) is 52.3 Å². The van der Waals surface area contributed by atoms with Crippen LogP contribution in [0.25, 0.3) is 0 Å². The molecule has 90 valence electrons. The zero-order valence-electron chi connectivity index (χ0n) is 10.2. The Morgan fingerprint density at radius 1 is 1.56 bits per heavy atom. The summed E-state index contributed by atoms with van der Waals surface area (Å²) in [6, 6.07) is -0.667. The standard InChI is InChI=1S/C13H21NO2/c1-4-5-11(14)12(15)16-10-6-8-13(2,3)9-7-10/h1,10-11H,5-9,14H2,2-3H3. The van der Waals surface area contributed by atoms with Crippen molar-refractivity contribution in [3.63, 3.8) is 0 Å². The summed E-state index contributed by atoms with van der Waals surface area (Å²) >= 11 is 0. The largest absolute Gasteiger partial charge is 0.461 e. The molecule has 0 saturated heterocycles.